The fourth-order valence-electron chi connectivity index (χ4n) is 2.69. The van der Waals surface area contributed by atoms with E-state index in [9.17, 15) is 18.0 Å². The molecule has 2 aromatic carbocycles. The fourth-order valence-corrected chi connectivity index (χ4v) is 3.54. The summed E-state index contributed by atoms with van der Waals surface area (Å²) in [7, 11) is 0. The normalized spacial score (nSPS) is 11.9. The van der Waals surface area contributed by atoms with Crippen molar-refractivity contribution in [3.05, 3.63) is 67.0 Å². The molecule has 0 saturated heterocycles. The second-order valence-electron chi connectivity index (χ2n) is 6.34. The van der Waals surface area contributed by atoms with Crippen LogP contribution in [0.3, 0.4) is 0 Å². The number of nitrogens with zero attached hydrogens (tertiary/aromatic N) is 3. The Hall–Kier alpha value is -3.27. The van der Waals surface area contributed by atoms with Crippen molar-refractivity contribution in [3.8, 4) is 17.1 Å². The van der Waals surface area contributed by atoms with Crippen LogP contribution in [0.15, 0.2) is 66.3 Å². The Morgan fingerprint density at radius 3 is 2.58 bits per heavy atom. The maximum absolute atomic E-state index is 14.2. The Bertz CT molecular complexity index is 1060. The van der Waals surface area contributed by atoms with Crippen LogP contribution in [0.4, 0.5) is 18.9 Å². The van der Waals surface area contributed by atoms with Crippen molar-refractivity contribution in [2.75, 3.05) is 5.32 Å². The molecule has 1 N–H and O–H groups in total. The van der Waals surface area contributed by atoms with Crippen LogP contribution in [-0.2, 0) is 11.3 Å². The minimum atomic E-state index is -2.92. The van der Waals surface area contributed by atoms with Crippen LogP contribution in [0.1, 0.15) is 6.92 Å². The summed E-state index contributed by atoms with van der Waals surface area (Å²) in [6.07, 6.45) is 1.63. The van der Waals surface area contributed by atoms with Crippen LogP contribution in [0.2, 0.25) is 0 Å². The van der Waals surface area contributed by atoms with Gasteiger partial charge in [0.15, 0.2) is 11.0 Å². The maximum atomic E-state index is 14.2. The number of anilines is 1. The zero-order valence-electron chi connectivity index (χ0n) is 16.5. The number of nitrogens with one attached hydrogen (secondary N) is 1. The van der Waals surface area contributed by atoms with Gasteiger partial charge in [-0.15, -0.1) is 16.8 Å². The lowest BCUT2D eigenvalue weighted by Gasteiger charge is -2.13. The largest absolute Gasteiger partial charge is 0.435 e. The number of hydrogen-bond acceptors (Lipinski definition) is 5. The van der Waals surface area contributed by atoms with E-state index in [0.29, 0.717) is 28.8 Å². The molecule has 0 aliphatic rings. The van der Waals surface area contributed by atoms with E-state index in [0.717, 1.165) is 11.8 Å². The molecule has 1 heterocycles. The van der Waals surface area contributed by atoms with E-state index in [1.165, 1.54) is 30.3 Å². The van der Waals surface area contributed by atoms with E-state index in [-0.39, 0.29) is 11.7 Å². The lowest BCUT2D eigenvalue weighted by molar-refractivity contribution is -0.115. The molecule has 3 rings (SSSR count). The number of alkyl halides is 2. The van der Waals surface area contributed by atoms with E-state index in [1.807, 2.05) is 0 Å². The number of halogens is 3. The number of thioether (sulfide) groups is 1. The Kier molecular flexibility index (Phi) is 7.35. The molecule has 1 aromatic heterocycles. The van der Waals surface area contributed by atoms with Gasteiger partial charge in [-0.3, -0.25) is 9.36 Å². The smallest absolute Gasteiger partial charge is 0.387 e. The van der Waals surface area contributed by atoms with E-state index < -0.39 is 17.7 Å². The average Bonchev–Trinajstić information content (AvgIpc) is 3.11. The number of ether oxygens (including phenoxy) is 1. The van der Waals surface area contributed by atoms with E-state index in [1.54, 1.807) is 35.8 Å². The van der Waals surface area contributed by atoms with E-state index >= 15 is 0 Å². The van der Waals surface area contributed by atoms with Crippen LogP contribution in [0.5, 0.6) is 5.75 Å². The number of amides is 1. The minimum absolute atomic E-state index is 0.00590. The molecule has 3 aromatic rings. The predicted molar refractivity (Wildman–Crippen MR) is 113 cm³/mol. The highest BCUT2D eigenvalue weighted by Crippen LogP contribution is 2.29. The first kappa shape index (κ1) is 22.4. The summed E-state index contributed by atoms with van der Waals surface area (Å²) >= 11 is 1.15. The van der Waals surface area contributed by atoms with Crippen LogP contribution in [0.25, 0.3) is 11.4 Å². The van der Waals surface area contributed by atoms with Crippen molar-refractivity contribution in [1.29, 1.82) is 0 Å². The van der Waals surface area contributed by atoms with Gasteiger partial charge < -0.3 is 10.1 Å². The molecular weight excluding hydrogens is 429 g/mol. The second kappa shape index (κ2) is 10.2. The monoisotopic (exact) mass is 448 g/mol. The van der Waals surface area contributed by atoms with Gasteiger partial charge in [0, 0.05) is 12.2 Å². The van der Waals surface area contributed by atoms with Gasteiger partial charge in [0.2, 0.25) is 5.91 Å². The first-order chi connectivity index (χ1) is 14.9. The summed E-state index contributed by atoms with van der Waals surface area (Å²) in [6.45, 7) is 2.81. The zero-order valence-corrected chi connectivity index (χ0v) is 17.3. The SMILES string of the molecule is C=CCn1c(SC(C)C(=O)Nc2ccc(OC(F)F)cc2)nnc1-c1ccccc1F. The van der Waals surface area contributed by atoms with Gasteiger partial charge in [0.1, 0.15) is 11.6 Å². The summed E-state index contributed by atoms with van der Waals surface area (Å²) in [4.78, 5) is 12.6. The predicted octanol–water partition coefficient (Wildman–Crippen LogP) is 4.99. The topological polar surface area (TPSA) is 69.0 Å². The molecule has 1 unspecified atom stereocenters. The second-order valence-corrected chi connectivity index (χ2v) is 7.65. The molecule has 0 saturated carbocycles. The molecule has 1 amide bonds. The molecule has 10 heteroatoms. The zero-order chi connectivity index (χ0) is 22.4. The standard InChI is InChI=1S/C21H19F3N4O2S/c1-3-12-28-18(16-6-4-5-7-17(16)22)26-27-21(28)31-13(2)19(29)25-14-8-10-15(11-9-14)30-20(23)24/h3-11,13,20H,1,12H2,2H3,(H,25,29). The van der Waals surface area contributed by atoms with Gasteiger partial charge in [-0.05, 0) is 43.3 Å². The highest BCUT2D eigenvalue weighted by molar-refractivity contribution is 8.00. The van der Waals surface area contributed by atoms with Crippen molar-refractivity contribution < 1.29 is 22.7 Å². The maximum Gasteiger partial charge on any atom is 0.387 e. The van der Waals surface area contributed by atoms with Crippen LogP contribution < -0.4 is 10.1 Å². The van der Waals surface area contributed by atoms with E-state index in [2.05, 4.69) is 26.8 Å². The number of benzene rings is 2. The van der Waals surface area contributed by atoms with Crippen LogP contribution in [0, 0.1) is 5.82 Å². The summed E-state index contributed by atoms with van der Waals surface area (Å²) < 4.78 is 44.6. The molecule has 6 nitrogen and oxygen atoms in total. The van der Waals surface area contributed by atoms with Gasteiger partial charge in [0.05, 0.1) is 10.8 Å². The molecule has 0 spiro atoms. The quantitative estimate of drug-likeness (QED) is 0.369. The number of aromatic nitrogens is 3. The molecule has 0 fully saturated rings. The highest BCUT2D eigenvalue weighted by Gasteiger charge is 2.21. The molecule has 0 aliphatic carbocycles. The Balaban J connectivity index is 1.72. The number of rotatable bonds is 9. The number of carbonyl (C=O) groups excluding carboxylic acids is 1. The van der Waals surface area contributed by atoms with Crippen LogP contribution in [-0.4, -0.2) is 32.5 Å². The Morgan fingerprint density at radius 1 is 1.23 bits per heavy atom. The third-order valence-corrected chi connectivity index (χ3v) is 5.22. The van der Waals surface area contributed by atoms with Gasteiger partial charge in [-0.1, -0.05) is 30.0 Å². The van der Waals surface area contributed by atoms with Gasteiger partial charge in [0.25, 0.3) is 0 Å². The molecule has 0 radical (unpaired) electrons. The molecule has 162 valence electrons. The molecule has 1 atom stereocenters. The molecule has 0 aliphatic heterocycles. The average molecular weight is 448 g/mol. The van der Waals surface area contributed by atoms with Gasteiger partial charge in [-0.2, -0.15) is 8.78 Å². The Labute approximate surface area is 181 Å². The number of carbonyl (C=O) groups is 1. The van der Waals surface area contributed by atoms with Gasteiger partial charge >= 0.3 is 6.61 Å². The van der Waals surface area contributed by atoms with Crippen molar-refractivity contribution in [1.82, 2.24) is 14.8 Å². The fraction of sp³-hybridized carbons (Fsp3) is 0.190. The number of allylic oxidation sites excluding steroid dienone is 1. The van der Waals surface area contributed by atoms with Crippen molar-refractivity contribution in [3.63, 3.8) is 0 Å². The van der Waals surface area contributed by atoms with Crippen molar-refractivity contribution >= 4 is 23.4 Å². The van der Waals surface area contributed by atoms with Crippen LogP contribution >= 0.6 is 11.8 Å². The number of hydrogen-bond donors (Lipinski definition) is 1. The summed E-state index contributed by atoms with van der Waals surface area (Å²) in [5.41, 5.74) is 0.727. The molecule has 31 heavy (non-hydrogen) atoms. The summed E-state index contributed by atoms with van der Waals surface area (Å²) in [6, 6.07) is 11.8. The third-order valence-electron chi connectivity index (χ3n) is 4.14. The first-order valence-corrected chi connectivity index (χ1v) is 10.1. The minimum Gasteiger partial charge on any atom is -0.435 e. The lowest BCUT2D eigenvalue weighted by Crippen LogP contribution is -2.23. The highest BCUT2D eigenvalue weighted by atomic mass is 32.2. The molecular formula is C21H19F3N4O2S. The first-order valence-electron chi connectivity index (χ1n) is 9.20. The molecule has 0 bridgehead atoms. The summed E-state index contributed by atoms with van der Waals surface area (Å²) in [5, 5.41) is 10.8. The van der Waals surface area contributed by atoms with Crippen molar-refractivity contribution in [2.45, 2.75) is 30.5 Å². The Morgan fingerprint density at radius 2 is 1.94 bits per heavy atom. The van der Waals surface area contributed by atoms with Gasteiger partial charge in [-0.25, -0.2) is 4.39 Å². The van der Waals surface area contributed by atoms with E-state index in [4.69, 9.17) is 0 Å². The summed E-state index contributed by atoms with van der Waals surface area (Å²) in [5.74, 6) is -0.425. The third kappa shape index (κ3) is 5.66. The van der Waals surface area contributed by atoms with Crippen molar-refractivity contribution in [2.24, 2.45) is 0 Å². The lowest BCUT2D eigenvalue weighted by atomic mass is 10.2.